The molecule has 1 saturated heterocycles. The van der Waals surface area contributed by atoms with E-state index >= 15 is 0 Å². The minimum absolute atomic E-state index is 0.0947. The Morgan fingerprint density at radius 3 is 2.72 bits per heavy atom. The van der Waals surface area contributed by atoms with Crippen LogP contribution in [0.15, 0.2) is 36.7 Å². The highest BCUT2D eigenvalue weighted by atomic mass is 32.2. The molecule has 1 aromatic carbocycles. The van der Waals surface area contributed by atoms with Crippen LogP contribution in [-0.4, -0.2) is 58.1 Å². The van der Waals surface area contributed by atoms with Crippen molar-refractivity contribution in [1.82, 2.24) is 19.7 Å². The largest absolute Gasteiger partial charge is 0.364 e. The minimum Gasteiger partial charge on any atom is -0.364 e. The Labute approximate surface area is 186 Å². The molecule has 166 valence electrons. The zero-order valence-corrected chi connectivity index (χ0v) is 18.7. The second kappa shape index (κ2) is 6.62. The molecule has 9 heteroatoms. The highest BCUT2D eigenvalue weighted by Gasteiger charge is 2.75. The van der Waals surface area contributed by atoms with Gasteiger partial charge in [0.15, 0.2) is 9.84 Å². The predicted molar refractivity (Wildman–Crippen MR) is 120 cm³/mol. The number of primary amides is 1. The van der Waals surface area contributed by atoms with Crippen molar-refractivity contribution in [3.8, 4) is 11.1 Å². The molecule has 2 saturated carbocycles. The molecule has 2 aromatic heterocycles. The molecule has 0 spiro atoms. The predicted octanol–water partition coefficient (Wildman–Crippen LogP) is 1.74. The van der Waals surface area contributed by atoms with Gasteiger partial charge in [-0.15, -0.1) is 0 Å². The summed E-state index contributed by atoms with van der Waals surface area (Å²) >= 11 is 0. The van der Waals surface area contributed by atoms with Crippen LogP contribution in [0.4, 0.5) is 0 Å². The molecule has 0 bridgehead atoms. The van der Waals surface area contributed by atoms with Gasteiger partial charge in [0, 0.05) is 43.8 Å². The van der Waals surface area contributed by atoms with Crippen LogP contribution >= 0.6 is 0 Å². The fourth-order valence-electron chi connectivity index (χ4n) is 5.34. The lowest BCUT2D eigenvalue weighted by molar-refractivity contribution is 0.0996. The molecule has 2 N–H and O–H groups in total. The highest BCUT2D eigenvalue weighted by Crippen LogP contribution is 2.78. The Morgan fingerprint density at radius 2 is 2.06 bits per heavy atom. The topological polar surface area (TPSA) is 111 Å². The SMILES string of the molecule is Cn1cc(-c2cc(C(N)=O)nc3cc(CN4CCS(=O)(=O)C(C56CC5C6)C4)ccc23)cn1. The van der Waals surface area contributed by atoms with Gasteiger partial charge in [0.25, 0.3) is 5.91 Å². The molecule has 8 nitrogen and oxygen atoms in total. The number of hydrogen-bond donors (Lipinski definition) is 1. The van der Waals surface area contributed by atoms with Crippen LogP contribution in [0.5, 0.6) is 0 Å². The molecule has 1 aliphatic heterocycles. The summed E-state index contributed by atoms with van der Waals surface area (Å²) in [7, 11) is -1.16. The molecular formula is C23H25N5O3S. The number of fused-ring (bicyclic) bond motifs is 2. The maximum Gasteiger partial charge on any atom is 0.267 e. The number of rotatable bonds is 5. The van der Waals surface area contributed by atoms with E-state index < -0.39 is 15.7 Å². The van der Waals surface area contributed by atoms with Gasteiger partial charge < -0.3 is 5.73 Å². The third kappa shape index (κ3) is 3.14. The second-order valence-electron chi connectivity index (χ2n) is 9.60. The molecular weight excluding hydrogens is 426 g/mol. The van der Waals surface area contributed by atoms with Crippen molar-refractivity contribution in [3.05, 3.63) is 47.9 Å². The number of hydrogen-bond acceptors (Lipinski definition) is 6. The fourth-order valence-corrected chi connectivity index (χ4v) is 7.68. The number of pyridine rings is 1. The second-order valence-corrected chi connectivity index (χ2v) is 11.9. The molecule has 3 heterocycles. The maximum absolute atomic E-state index is 12.7. The summed E-state index contributed by atoms with van der Waals surface area (Å²) in [4.78, 5) is 18.7. The lowest BCUT2D eigenvalue weighted by Crippen LogP contribution is -2.48. The summed E-state index contributed by atoms with van der Waals surface area (Å²) in [5.74, 6) is 0.300. The Morgan fingerprint density at radius 1 is 1.28 bits per heavy atom. The van der Waals surface area contributed by atoms with Gasteiger partial charge in [-0.05, 0) is 47.4 Å². The van der Waals surface area contributed by atoms with Crippen LogP contribution in [0.25, 0.3) is 22.0 Å². The summed E-state index contributed by atoms with van der Waals surface area (Å²) in [5, 5.41) is 4.94. The van der Waals surface area contributed by atoms with Crippen LogP contribution in [0.3, 0.4) is 0 Å². The van der Waals surface area contributed by atoms with E-state index in [0.29, 0.717) is 31.1 Å². The van der Waals surface area contributed by atoms with Crippen molar-refractivity contribution >= 4 is 26.6 Å². The monoisotopic (exact) mass is 451 g/mol. The first-order valence-corrected chi connectivity index (χ1v) is 12.6. The number of benzene rings is 1. The number of amides is 1. The van der Waals surface area contributed by atoms with Gasteiger partial charge in [0.2, 0.25) is 0 Å². The number of carbonyl (C=O) groups excluding carboxylic acids is 1. The van der Waals surface area contributed by atoms with Gasteiger partial charge >= 0.3 is 0 Å². The molecule has 0 radical (unpaired) electrons. The Kier molecular flexibility index (Phi) is 4.11. The molecule has 1 amide bonds. The molecule has 3 aromatic rings. The molecule has 2 aliphatic carbocycles. The number of aromatic nitrogens is 3. The first-order valence-electron chi connectivity index (χ1n) is 10.9. The zero-order valence-electron chi connectivity index (χ0n) is 17.9. The summed E-state index contributed by atoms with van der Waals surface area (Å²) in [6.07, 6.45) is 5.81. The summed E-state index contributed by atoms with van der Waals surface area (Å²) in [5.41, 5.74) is 9.35. The van der Waals surface area contributed by atoms with Crippen LogP contribution in [0.2, 0.25) is 0 Å². The van der Waals surface area contributed by atoms with Gasteiger partial charge in [0.05, 0.1) is 22.7 Å². The number of nitrogens with zero attached hydrogens (tertiary/aromatic N) is 4. The van der Waals surface area contributed by atoms with Crippen LogP contribution in [0, 0.1) is 11.3 Å². The van der Waals surface area contributed by atoms with Gasteiger partial charge in [-0.1, -0.05) is 12.1 Å². The molecule has 3 aliphatic rings. The van der Waals surface area contributed by atoms with Gasteiger partial charge in [-0.2, -0.15) is 5.10 Å². The van der Waals surface area contributed by atoms with Gasteiger partial charge in [-0.3, -0.25) is 14.4 Å². The van der Waals surface area contributed by atoms with Crippen molar-refractivity contribution < 1.29 is 13.2 Å². The smallest absolute Gasteiger partial charge is 0.267 e. The first-order chi connectivity index (χ1) is 15.2. The Balaban J connectivity index is 1.32. The van der Waals surface area contributed by atoms with Crippen molar-refractivity contribution in [2.75, 3.05) is 18.8 Å². The quantitative estimate of drug-likeness (QED) is 0.633. The van der Waals surface area contributed by atoms with Crippen LogP contribution in [-0.2, 0) is 23.4 Å². The lowest BCUT2D eigenvalue weighted by Gasteiger charge is -2.34. The van der Waals surface area contributed by atoms with Crippen LogP contribution in [0.1, 0.15) is 28.9 Å². The molecule has 1 unspecified atom stereocenters. The number of nitrogens with two attached hydrogens (primary N) is 1. The summed E-state index contributed by atoms with van der Waals surface area (Å²) in [6.45, 7) is 1.81. The van der Waals surface area contributed by atoms with E-state index in [1.54, 1.807) is 16.9 Å². The average molecular weight is 452 g/mol. The minimum atomic E-state index is -3.00. The third-order valence-electron chi connectivity index (χ3n) is 7.49. The van der Waals surface area contributed by atoms with E-state index in [2.05, 4.69) is 21.0 Å². The van der Waals surface area contributed by atoms with Crippen molar-refractivity contribution in [1.29, 1.82) is 0 Å². The van der Waals surface area contributed by atoms with Crippen LogP contribution < -0.4 is 5.73 Å². The van der Waals surface area contributed by atoms with E-state index in [0.717, 1.165) is 34.9 Å². The summed E-state index contributed by atoms with van der Waals surface area (Å²) < 4.78 is 27.0. The van der Waals surface area contributed by atoms with Gasteiger partial charge in [0.1, 0.15) is 5.69 Å². The first kappa shape index (κ1) is 19.9. The normalized spacial score (nSPS) is 28.4. The van der Waals surface area contributed by atoms with E-state index in [-0.39, 0.29) is 22.1 Å². The Bertz CT molecular complexity index is 1370. The highest BCUT2D eigenvalue weighted by molar-refractivity contribution is 7.92. The van der Waals surface area contributed by atoms with Crippen molar-refractivity contribution in [2.24, 2.45) is 24.1 Å². The van der Waals surface area contributed by atoms with Gasteiger partial charge in [-0.25, -0.2) is 13.4 Å². The van der Waals surface area contributed by atoms with E-state index in [1.807, 2.05) is 25.4 Å². The average Bonchev–Trinajstić information content (AvgIpc) is 3.57. The number of aryl methyl sites for hydroxylation is 1. The molecule has 6 rings (SSSR count). The Hall–Kier alpha value is -2.78. The zero-order chi connectivity index (χ0) is 22.3. The van der Waals surface area contributed by atoms with E-state index in [4.69, 9.17) is 5.73 Å². The lowest BCUT2D eigenvalue weighted by atomic mass is 10.0. The molecule has 32 heavy (non-hydrogen) atoms. The fraction of sp³-hybridized carbons (Fsp3) is 0.435. The van der Waals surface area contributed by atoms with E-state index in [9.17, 15) is 13.2 Å². The van der Waals surface area contributed by atoms with Crippen molar-refractivity contribution in [3.63, 3.8) is 0 Å². The van der Waals surface area contributed by atoms with Crippen molar-refractivity contribution in [2.45, 2.75) is 24.6 Å². The number of sulfone groups is 1. The van der Waals surface area contributed by atoms with E-state index in [1.165, 1.54) is 0 Å². The molecule has 3 fully saturated rings. The third-order valence-corrected chi connectivity index (χ3v) is 9.72. The standard InChI is InChI=1S/C23H25N5O3S/c1-27-12-15(10-25-27)18-7-20(22(24)29)26-19-6-14(2-3-17(18)19)11-28-4-5-32(30,31)21(13-28)23-8-16(23)9-23/h2-3,6-7,10,12,16,21H,4-5,8-9,11,13H2,1H3,(H2,24,29). The maximum atomic E-state index is 12.7. The summed E-state index contributed by atoms with van der Waals surface area (Å²) in [6, 6.07) is 7.76. The number of carbonyl (C=O) groups is 1. The molecule has 1 atom stereocenters.